The van der Waals surface area contributed by atoms with Crippen molar-refractivity contribution in [1.82, 2.24) is 10.2 Å². The summed E-state index contributed by atoms with van der Waals surface area (Å²) in [7, 11) is 0. The molecule has 1 fully saturated rings. The van der Waals surface area contributed by atoms with Crippen LogP contribution in [-0.4, -0.2) is 40.4 Å². The van der Waals surface area contributed by atoms with E-state index in [4.69, 9.17) is 5.11 Å². The minimum atomic E-state index is -1.43. The lowest BCUT2D eigenvalue weighted by molar-refractivity contribution is -0.145. The number of imide groups is 2. The van der Waals surface area contributed by atoms with Gasteiger partial charge in [-0.05, 0) is 24.8 Å². The number of aliphatic carboxylic acids is 1. The Morgan fingerprint density at radius 2 is 1.83 bits per heavy atom. The van der Waals surface area contributed by atoms with E-state index in [1.807, 2.05) is 0 Å². The molecule has 1 aromatic carbocycles. The second-order valence-electron chi connectivity index (χ2n) is 5.69. The summed E-state index contributed by atoms with van der Waals surface area (Å²) in [4.78, 5) is 49.0. The van der Waals surface area contributed by atoms with Crippen molar-refractivity contribution in [3.63, 3.8) is 0 Å². The van der Waals surface area contributed by atoms with Crippen LogP contribution in [0.25, 0.3) is 0 Å². The van der Waals surface area contributed by atoms with Gasteiger partial charge < -0.3 is 5.11 Å². The summed E-state index contributed by atoms with van der Waals surface area (Å²) in [6, 6.07) is 7.90. The average Bonchev–Trinajstić information content (AvgIpc) is 2.55. The topological polar surface area (TPSA) is 104 Å². The molecule has 0 bridgehead atoms. The number of hydrogen-bond acceptors (Lipinski definition) is 4. The maximum atomic E-state index is 13.0. The Balaban J connectivity index is 2.25. The number of carboxylic acids is 1. The van der Waals surface area contributed by atoms with Crippen molar-refractivity contribution in [2.75, 3.05) is 6.54 Å². The minimum absolute atomic E-state index is 0.0276. The van der Waals surface area contributed by atoms with Gasteiger partial charge in [0, 0.05) is 13.0 Å². The summed E-state index contributed by atoms with van der Waals surface area (Å²) >= 11 is 0. The van der Waals surface area contributed by atoms with Crippen LogP contribution in [-0.2, 0) is 19.8 Å². The van der Waals surface area contributed by atoms with Crippen LogP contribution in [0.4, 0.5) is 4.79 Å². The third-order valence-corrected chi connectivity index (χ3v) is 4.28. The van der Waals surface area contributed by atoms with E-state index >= 15 is 0 Å². The van der Waals surface area contributed by atoms with Crippen LogP contribution in [0.1, 0.15) is 38.2 Å². The Morgan fingerprint density at radius 1 is 1.17 bits per heavy atom. The molecule has 1 aromatic rings. The zero-order valence-electron chi connectivity index (χ0n) is 13.4. The molecular formula is C17H20N2O5. The molecule has 1 aliphatic rings. The zero-order chi connectivity index (χ0) is 17.7. The van der Waals surface area contributed by atoms with Gasteiger partial charge in [-0.1, -0.05) is 37.3 Å². The number of unbranched alkanes of at least 4 members (excludes halogenated alkanes) is 1. The number of rotatable bonds is 7. The van der Waals surface area contributed by atoms with E-state index in [-0.39, 0.29) is 19.4 Å². The molecule has 0 spiro atoms. The SMILES string of the molecule is CC[C@]1(c2ccccc2)C(=O)NC(=O)N(CCCCC(=O)O)C1=O. The van der Waals surface area contributed by atoms with E-state index in [1.54, 1.807) is 37.3 Å². The molecule has 1 atom stereocenters. The molecule has 4 amide bonds. The molecular weight excluding hydrogens is 312 g/mol. The van der Waals surface area contributed by atoms with Crippen LogP contribution in [0.15, 0.2) is 30.3 Å². The molecule has 1 saturated heterocycles. The predicted octanol–water partition coefficient (Wildman–Crippen LogP) is 1.67. The number of carboxylic acid groups (broad SMARTS) is 1. The fourth-order valence-corrected chi connectivity index (χ4v) is 2.93. The number of hydrogen-bond donors (Lipinski definition) is 2. The molecule has 7 heteroatoms. The normalized spacial score (nSPS) is 20.9. The van der Waals surface area contributed by atoms with Crippen LogP contribution < -0.4 is 5.32 Å². The smallest absolute Gasteiger partial charge is 0.330 e. The number of amides is 4. The third kappa shape index (κ3) is 3.15. The highest BCUT2D eigenvalue weighted by Gasteiger charge is 2.53. The molecule has 0 aromatic heterocycles. The van der Waals surface area contributed by atoms with Crippen LogP contribution in [0, 0.1) is 0 Å². The van der Waals surface area contributed by atoms with E-state index in [0.29, 0.717) is 18.4 Å². The summed E-state index contributed by atoms with van der Waals surface area (Å²) in [6.45, 7) is 1.81. The Labute approximate surface area is 139 Å². The Bertz CT molecular complexity index is 658. The second-order valence-corrected chi connectivity index (χ2v) is 5.69. The van der Waals surface area contributed by atoms with Gasteiger partial charge in [-0.15, -0.1) is 0 Å². The highest BCUT2D eigenvalue weighted by molar-refractivity contribution is 6.22. The van der Waals surface area contributed by atoms with Crippen LogP contribution in [0.2, 0.25) is 0 Å². The van der Waals surface area contributed by atoms with Gasteiger partial charge in [0.15, 0.2) is 5.41 Å². The number of benzene rings is 1. The van der Waals surface area contributed by atoms with Crippen molar-refractivity contribution in [2.24, 2.45) is 0 Å². The fourth-order valence-electron chi connectivity index (χ4n) is 2.93. The number of barbiturate groups is 1. The third-order valence-electron chi connectivity index (χ3n) is 4.28. The van der Waals surface area contributed by atoms with E-state index in [2.05, 4.69) is 5.32 Å². The quantitative estimate of drug-likeness (QED) is 0.584. The lowest BCUT2D eigenvalue weighted by Crippen LogP contribution is -2.65. The van der Waals surface area contributed by atoms with Gasteiger partial charge >= 0.3 is 12.0 Å². The van der Waals surface area contributed by atoms with Gasteiger partial charge in [0.25, 0.3) is 5.91 Å². The highest BCUT2D eigenvalue weighted by atomic mass is 16.4. The molecule has 0 radical (unpaired) electrons. The zero-order valence-corrected chi connectivity index (χ0v) is 13.4. The first kappa shape index (κ1) is 17.7. The van der Waals surface area contributed by atoms with Crippen molar-refractivity contribution in [2.45, 2.75) is 38.0 Å². The number of urea groups is 1. The van der Waals surface area contributed by atoms with Gasteiger partial charge in [-0.3, -0.25) is 24.6 Å². The van der Waals surface area contributed by atoms with Crippen LogP contribution in [0.5, 0.6) is 0 Å². The lowest BCUT2D eigenvalue weighted by atomic mass is 9.74. The monoisotopic (exact) mass is 332 g/mol. The summed E-state index contributed by atoms with van der Waals surface area (Å²) in [5, 5.41) is 10.9. The van der Waals surface area contributed by atoms with E-state index < -0.39 is 29.2 Å². The van der Waals surface area contributed by atoms with E-state index in [1.165, 1.54) is 0 Å². The Hall–Kier alpha value is -2.70. The highest BCUT2D eigenvalue weighted by Crippen LogP contribution is 2.33. The van der Waals surface area contributed by atoms with Crippen molar-refractivity contribution >= 4 is 23.8 Å². The molecule has 1 heterocycles. The molecule has 2 rings (SSSR count). The summed E-state index contributed by atoms with van der Waals surface area (Å²) in [6.07, 6.45) is 0.916. The van der Waals surface area contributed by atoms with Crippen LogP contribution in [0.3, 0.4) is 0 Å². The number of nitrogens with zero attached hydrogens (tertiary/aromatic N) is 1. The number of carbonyl (C=O) groups is 4. The number of nitrogens with one attached hydrogen (secondary N) is 1. The molecule has 0 aliphatic carbocycles. The molecule has 128 valence electrons. The van der Waals surface area contributed by atoms with Crippen molar-refractivity contribution < 1.29 is 24.3 Å². The van der Waals surface area contributed by atoms with Gasteiger partial charge in [-0.25, -0.2) is 4.79 Å². The first-order valence-electron chi connectivity index (χ1n) is 7.88. The van der Waals surface area contributed by atoms with Crippen molar-refractivity contribution in [1.29, 1.82) is 0 Å². The second kappa shape index (κ2) is 7.25. The molecule has 2 N–H and O–H groups in total. The van der Waals surface area contributed by atoms with Gasteiger partial charge in [0.1, 0.15) is 0 Å². The molecule has 0 saturated carbocycles. The maximum absolute atomic E-state index is 13.0. The number of carbonyl (C=O) groups excluding carboxylic acids is 3. The van der Waals surface area contributed by atoms with Crippen LogP contribution >= 0.6 is 0 Å². The summed E-state index contributed by atoms with van der Waals surface area (Å²) < 4.78 is 0. The average molecular weight is 332 g/mol. The first-order chi connectivity index (χ1) is 11.4. The molecule has 1 aliphatic heterocycles. The molecule has 7 nitrogen and oxygen atoms in total. The molecule has 24 heavy (non-hydrogen) atoms. The van der Waals surface area contributed by atoms with Crippen molar-refractivity contribution in [3.8, 4) is 0 Å². The Morgan fingerprint density at radius 3 is 2.42 bits per heavy atom. The summed E-state index contributed by atoms with van der Waals surface area (Å²) in [5.41, 5.74) is -0.889. The van der Waals surface area contributed by atoms with Crippen molar-refractivity contribution in [3.05, 3.63) is 35.9 Å². The minimum Gasteiger partial charge on any atom is -0.481 e. The Kier molecular flexibility index (Phi) is 5.33. The summed E-state index contributed by atoms with van der Waals surface area (Å²) in [5.74, 6) is -2.10. The predicted molar refractivity (Wildman–Crippen MR) is 85.1 cm³/mol. The van der Waals surface area contributed by atoms with Gasteiger partial charge in [0.05, 0.1) is 0 Å². The molecule has 0 unspecified atom stereocenters. The largest absolute Gasteiger partial charge is 0.481 e. The van der Waals surface area contributed by atoms with E-state index in [0.717, 1.165) is 4.90 Å². The van der Waals surface area contributed by atoms with Gasteiger partial charge in [-0.2, -0.15) is 0 Å². The standard InChI is InChI=1S/C17H20N2O5/c1-2-17(12-8-4-3-5-9-12)14(22)18-16(24)19(15(17)23)11-7-6-10-13(20)21/h3-5,8-9H,2,6-7,10-11H2,1H3,(H,20,21)(H,18,22,24)/t17-/m0/s1. The first-order valence-corrected chi connectivity index (χ1v) is 7.88. The van der Waals surface area contributed by atoms with Gasteiger partial charge in [0.2, 0.25) is 5.91 Å². The fraction of sp³-hybridized carbons (Fsp3) is 0.412. The lowest BCUT2D eigenvalue weighted by Gasteiger charge is -2.39. The maximum Gasteiger partial charge on any atom is 0.330 e. The van der Waals surface area contributed by atoms with E-state index in [9.17, 15) is 19.2 Å².